The lowest BCUT2D eigenvalue weighted by molar-refractivity contribution is 0.0871. The van der Waals surface area contributed by atoms with Crippen LogP contribution in [0.3, 0.4) is 0 Å². The van der Waals surface area contributed by atoms with Crippen LogP contribution in [0.15, 0.2) is 0 Å². The first-order valence-electron chi connectivity index (χ1n) is 2.68. The Balaban J connectivity index is 3.26. The summed E-state index contributed by atoms with van der Waals surface area (Å²) in [5.41, 5.74) is -0.243. The van der Waals surface area contributed by atoms with Crippen LogP contribution in [0.2, 0.25) is 0 Å². The van der Waals surface area contributed by atoms with Crippen molar-refractivity contribution in [2.45, 2.75) is 19.3 Å². The number of hydrogen-bond acceptors (Lipinski definition) is 3. The summed E-state index contributed by atoms with van der Waals surface area (Å²) >= 11 is 1.46. The van der Waals surface area contributed by atoms with Crippen molar-refractivity contribution in [2.75, 3.05) is 5.75 Å². The van der Waals surface area contributed by atoms with Gasteiger partial charge in [-0.05, 0) is 12.7 Å². The van der Waals surface area contributed by atoms with Crippen LogP contribution in [-0.4, -0.2) is 22.5 Å². The van der Waals surface area contributed by atoms with E-state index < -0.39 is 6.16 Å². The average molecular weight is 150 g/mol. The lowest BCUT2D eigenvalue weighted by Crippen LogP contribution is -2.08. The Morgan fingerprint density at radius 2 is 2.44 bits per heavy atom. The van der Waals surface area contributed by atoms with Crippen molar-refractivity contribution in [2.24, 2.45) is 0 Å². The minimum absolute atomic E-state index is 0.243. The van der Waals surface area contributed by atoms with Gasteiger partial charge in [0, 0.05) is 0 Å². The molecule has 0 aliphatic carbocycles. The van der Waals surface area contributed by atoms with Crippen molar-refractivity contribution in [3.05, 3.63) is 0 Å². The molecule has 0 heterocycles. The van der Waals surface area contributed by atoms with Gasteiger partial charge >= 0.3 is 6.16 Å². The van der Waals surface area contributed by atoms with Gasteiger partial charge in [-0.2, -0.15) is 0 Å². The van der Waals surface area contributed by atoms with E-state index in [9.17, 15) is 4.79 Å². The van der Waals surface area contributed by atoms with Crippen molar-refractivity contribution >= 4 is 17.9 Å². The van der Waals surface area contributed by atoms with Gasteiger partial charge in [-0.15, -0.1) is 11.8 Å². The van der Waals surface area contributed by atoms with E-state index in [-0.39, 0.29) is 5.44 Å². The summed E-state index contributed by atoms with van der Waals surface area (Å²) in [6.45, 7) is 3.66. The number of thioether (sulfide) groups is 1. The molecule has 1 unspecified atom stereocenters. The highest BCUT2D eigenvalue weighted by Gasteiger charge is 2.04. The molecule has 0 aromatic heterocycles. The van der Waals surface area contributed by atoms with Crippen molar-refractivity contribution in [1.29, 1.82) is 0 Å². The van der Waals surface area contributed by atoms with Crippen LogP contribution in [0, 0.1) is 0 Å². The maximum atomic E-state index is 9.85. The normalized spacial score (nSPS) is 12.7. The van der Waals surface area contributed by atoms with Gasteiger partial charge < -0.3 is 9.84 Å². The standard InChI is InChI=1S/C5H10O3S/c1-3-9-4(2)8-5(6)7/h4H,3H2,1-2H3,(H,6,7). The van der Waals surface area contributed by atoms with Crippen molar-refractivity contribution in [3.63, 3.8) is 0 Å². The zero-order valence-electron chi connectivity index (χ0n) is 5.46. The molecule has 4 heteroatoms. The average Bonchev–Trinajstić information content (AvgIpc) is 1.63. The van der Waals surface area contributed by atoms with E-state index >= 15 is 0 Å². The summed E-state index contributed by atoms with van der Waals surface area (Å²) in [4.78, 5) is 9.85. The molecule has 0 spiro atoms. The fraction of sp³-hybridized carbons (Fsp3) is 0.800. The summed E-state index contributed by atoms with van der Waals surface area (Å²) in [7, 11) is 0. The fourth-order valence-corrected chi connectivity index (χ4v) is 1.03. The minimum Gasteiger partial charge on any atom is -0.450 e. The maximum Gasteiger partial charge on any atom is 0.506 e. The van der Waals surface area contributed by atoms with E-state index in [0.29, 0.717) is 0 Å². The van der Waals surface area contributed by atoms with Crippen LogP contribution >= 0.6 is 11.8 Å². The lowest BCUT2D eigenvalue weighted by atomic mass is 10.8. The molecule has 0 fully saturated rings. The van der Waals surface area contributed by atoms with Gasteiger partial charge in [0.25, 0.3) is 0 Å². The second-order valence-corrected chi connectivity index (χ2v) is 2.98. The number of carbonyl (C=O) groups is 1. The van der Waals surface area contributed by atoms with Gasteiger partial charge in [-0.3, -0.25) is 0 Å². The molecule has 0 amide bonds. The summed E-state index contributed by atoms with van der Waals surface area (Å²) < 4.78 is 4.37. The van der Waals surface area contributed by atoms with Crippen LogP contribution in [-0.2, 0) is 4.74 Å². The molecule has 0 bridgehead atoms. The van der Waals surface area contributed by atoms with Gasteiger partial charge in [-0.1, -0.05) is 6.92 Å². The van der Waals surface area contributed by atoms with E-state index in [4.69, 9.17) is 5.11 Å². The predicted molar refractivity (Wildman–Crippen MR) is 36.7 cm³/mol. The molecular weight excluding hydrogens is 140 g/mol. The van der Waals surface area contributed by atoms with Gasteiger partial charge in [0.1, 0.15) is 5.44 Å². The topological polar surface area (TPSA) is 46.5 Å². The molecule has 0 aliphatic heterocycles. The molecule has 0 aromatic rings. The van der Waals surface area contributed by atoms with Gasteiger partial charge in [0.05, 0.1) is 0 Å². The zero-order valence-corrected chi connectivity index (χ0v) is 6.27. The predicted octanol–water partition coefficient (Wildman–Crippen LogP) is 1.78. The van der Waals surface area contributed by atoms with Crippen LogP contribution in [0.5, 0.6) is 0 Å². The Labute approximate surface area is 58.4 Å². The minimum atomic E-state index is -1.21. The summed E-state index contributed by atoms with van der Waals surface area (Å²) in [6, 6.07) is 0. The molecular formula is C5H10O3S. The molecule has 1 atom stereocenters. The fourth-order valence-electron chi connectivity index (χ4n) is 0.411. The van der Waals surface area contributed by atoms with Gasteiger partial charge in [0.15, 0.2) is 0 Å². The Hall–Kier alpha value is -0.380. The third-order valence-electron chi connectivity index (χ3n) is 0.668. The summed E-state index contributed by atoms with van der Waals surface area (Å²) in [6.07, 6.45) is -1.21. The number of hydrogen-bond donors (Lipinski definition) is 1. The zero-order chi connectivity index (χ0) is 7.28. The van der Waals surface area contributed by atoms with Crippen LogP contribution in [0.1, 0.15) is 13.8 Å². The Morgan fingerprint density at radius 1 is 1.89 bits per heavy atom. The number of ether oxygens (including phenoxy) is 1. The third-order valence-corrected chi connectivity index (χ3v) is 1.57. The second kappa shape index (κ2) is 4.49. The first kappa shape index (κ1) is 8.62. The summed E-state index contributed by atoms with van der Waals surface area (Å²) in [5, 5.41) is 8.07. The Kier molecular flexibility index (Phi) is 4.30. The molecule has 0 radical (unpaired) electrons. The van der Waals surface area contributed by atoms with Gasteiger partial charge in [0.2, 0.25) is 0 Å². The van der Waals surface area contributed by atoms with Crippen LogP contribution < -0.4 is 0 Å². The highest BCUT2D eigenvalue weighted by molar-refractivity contribution is 7.99. The molecule has 9 heavy (non-hydrogen) atoms. The number of carboxylic acid groups (broad SMARTS) is 1. The van der Waals surface area contributed by atoms with Crippen molar-refractivity contribution in [1.82, 2.24) is 0 Å². The third kappa shape index (κ3) is 5.49. The SMILES string of the molecule is CCSC(C)OC(=O)O. The molecule has 0 aliphatic rings. The Morgan fingerprint density at radius 3 is 2.78 bits per heavy atom. The highest BCUT2D eigenvalue weighted by atomic mass is 32.2. The smallest absolute Gasteiger partial charge is 0.450 e. The van der Waals surface area contributed by atoms with E-state index in [1.54, 1.807) is 6.92 Å². The largest absolute Gasteiger partial charge is 0.506 e. The molecule has 0 saturated heterocycles. The lowest BCUT2D eigenvalue weighted by Gasteiger charge is -2.06. The molecule has 0 aromatic carbocycles. The molecule has 54 valence electrons. The van der Waals surface area contributed by atoms with E-state index in [1.165, 1.54) is 11.8 Å². The quantitative estimate of drug-likeness (QED) is 0.492. The summed E-state index contributed by atoms with van der Waals surface area (Å²) in [5.74, 6) is 0.869. The molecule has 3 nitrogen and oxygen atoms in total. The van der Waals surface area contributed by atoms with Crippen LogP contribution in [0.25, 0.3) is 0 Å². The monoisotopic (exact) mass is 150 g/mol. The highest BCUT2D eigenvalue weighted by Crippen LogP contribution is 2.09. The maximum absolute atomic E-state index is 9.85. The number of rotatable bonds is 3. The van der Waals surface area contributed by atoms with E-state index in [0.717, 1.165) is 5.75 Å². The Bertz CT molecular complexity index is 94.2. The van der Waals surface area contributed by atoms with E-state index in [1.807, 2.05) is 6.92 Å². The van der Waals surface area contributed by atoms with E-state index in [2.05, 4.69) is 4.74 Å². The van der Waals surface area contributed by atoms with Crippen molar-refractivity contribution in [3.8, 4) is 0 Å². The first-order valence-corrected chi connectivity index (χ1v) is 3.73. The van der Waals surface area contributed by atoms with Crippen LogP contribution in [0.4, 0.5) is 4.79 Å². The second-order valence-electron chi connectivity index (χ2n) is 1.41. The van der Waals surface area contributed by atoms with Crippen molar-refractivity contribution < 1.29 is 14.6 Å². The first-order chi connectivity index (χ1) is 4.16. The van der Waals surface area contributed by atoms with Gasteiger partial charge in [-0.25, -0.2) is 4.79 Å². The molecule has 0 saturated carbocycles. The molecule has 0 rings (SSSR count). The molecule has 1 N–H and O–H groups in total.